The zero-order valence-electron chi connectivity index (χ0n) is 21.4. The summed E-state index contributed by atoms with van der Waals surface area (Å²) in [4.78, 5) is 32.2. The Morgan fingerprint density at radius 3 is 2.59 bits per heavy atom. The van der Waals surface area contributed by atoms with Crippen LogP contribution in [-0.4, -0.2) is 30.4 Å². The van der Waals surface area contributed by atoms with Gasteiger partial charge in [0.25, 0.3) is 5.56 Å². The SMILES string of the molecule is CCCOc1c(C=c2sc3n(c2=O)C(c2ccc(Cl)cc2)C(C(=O)OC(C)C)=C(C)N=3)cccc1OC. The third-order valence-electron chi connectivity index (χ3n) is 5.74. The Morgan fingerprint density at radius 1 is 1.22 bits per heavy atom. The lowest BCUT2D eigenvalue weighted by molar-refractivity contribution is -0.143. The second kappa shape index (κ2) is 11.4. The van der Waals surface area contributed by atoms with Gasteiger partial charge in [-0.3, -0.25) is 9.36 Å². The molecule has 0 amide bonds. The number of aromatic nitrogens is 1. The number of thiazole rings is 1. The van der Waals surface area contributed by atoms with E-state index in [1.807, 2.05) is 37.3 Å². The first-order valence-corrected chi connectivity index (χ1v) is 13.2. The lowest BCUT2D eigenvalue weighted by Gasteiger charge is -2.25. The zero-order chi connectivity index (χ0) is 26.7. The highest BCUT2D eigenvalue weighted by Crippen LogP contribution is 2.33. The highest BCUT2D eigenvalue weighted by molar-refractivity contribution is 7.07. The van der Waals surface area contributed by atoms with E-state index in [9.17, 15) is 9.59 Å². The van der Waals surface area contributed by atoms with E-state index < -0.39 is 12.0 Å². The molecule has 0 spiro atoms. The summed E-state index contributed by atoms with van der Waals surface area (Å²) in [6.07, 6.45) is 2.29. The van der Waals surface area contributed by atoms with E-state index in [-0.39, 0.29) is 11.7 Å². The third kappa shape index (κ3) is 5.50. The number of allylic oxidation sites excluding steroid dienone is 1. The largest absolute Gasteiger partial charge is 0.493 e. The van der Waals surface area contributed by atoms with Crippen LogP contribution in [0.1, 0.15) is 51.3 Å². The first-order valence-electron chi connectivity index (χ1n) is 12.0. The van der Waals surface area contributed by atoms with Crippen LogP contribution in [0.2, 0.25) is 5.02 Å². The van der Waals surface area contributed by atoms with Crippen molar-refractivity contribution in [3.05, 3.63) is 89.6 Å². The van der Waals surface area contributed by atoms with Crippen LogP contribution in [0.15, 0.2) is 63.5 Å². The van der Waals surface area contributed by atoms with E-state index in [2.05, 4.69) is 4.99 Å². The molecule has 9 heteroatoms. The normalized spacial score (nSPS) is 15.4. The summed E-state index contributed by atoms with van der Waals surface area (Å²) in [6.45, 7) is 7.86. The molecule has 0 bridgehead atoms. The maximum atomic E-state index is 13.9. The number of hydrogen-bond acceptors (Lipinski definition) is 7. The van der Waals surface area contributed by atoms with Crippen molar-refractivity contribution in [1.82, 2.24) is 4.57 Å². The number of nitrogens with zero attached hydrogens (tertiary/aromatic N) is 2. The third-order valence-corrected chi connectivity index (χ3v) is 6.97. The Labute approximate surface area is 224 Å². The van der Waals surface area contributed by atoms with Crippen molar-refractivity contribution in [2.75, 3.05) is 13.7 Å². The minimum atomic E-state index is -0.706. The Morgan fingerprint density at radius 2 is 1.95 bits per heavy atom. The van der Waals surface area contributed by atoms with Crippen molar-refractivity contribution >= 4 is 35.0 Å². The van der Waals surface area contributed by atoms with Gasteiger partial charge in [-0.25, -0.2) is 9.79 Å². The van der Waals surface area contributed by atoms with E-state index in [1.54, 1.807) is 50.7 Å². The fraction of sp³-hybridized carbons (Fsp3) is 0.321. The van der Waals surface area contributed by atoms with Gasteiger partial charge in [-0.2, -0.15) is 0 Å². The summed E-state index contributed by atoms with van der Waals surface area (Å²) in [7, 11) is 1.58. The summed E-state index contributed by atoms with van der Waals surface area (Å²) in [5.41, 5.74) is 2.01. The maximum absolute atomic E-state index is 13.9. The van der Waals surface area contributed by atoms with Crippen LogP contribution in [0.5, 0.6) is 11.5 Å². The van der Waals surface area contributed by atoms with E-state index >= 15 is 0 Å². The Balaban J connectivity index is 1.93. The summed E-state index contributed by atoms with van der Waals surface area (Å²) in [5.74, 6) is 0.654. The van der Waals surface area contributed by atoms with Crippen molar-refractivity contribution < 1.29 is 19.0 Å². The van der Waals surface area contributed by atoms with Gasteiger partial charge in [0.15, 0.2) is 16.3 Å². The lowest BCUT2D eigenvalue weighted by Crippen LogP contribution is -2.40. The smallest absolute Gasteiger partial charge is 0.338 e. The van der Waals surface area contributed by atoms with Crippen LogP contribution in [-0.2, 0) is 9.53 Å². The summed E-state index contributed by atoms with van der Waals surface area (Å²) in [5, 5.41) is 0.556. The van der Waals surface area contributed by atoms with Crippen LogP contribution in [0.3, 0.4) is 0 Å². The molecule has 1 aliphatic heterocycles. The number of para-hydroxylation sites is 1. The quantitative estimate of drug-likeness (QED) is 0.389. The molecule has 2 heterocycles. The molecule has 1 aromatic heterocycles. The fourth-order valence-corrected chi connectivity index (χ4v) is 5.29. The molecule has 0 saturated carbocycles. The number of benzene rings is 2. The molecule has 0 aliphatic carbocycles. The van der Waals surface area contributed by atoms with Gasteiger partial charge in [0.1, 0.15) is 0 Å². The first-order chi connectivity index (χ1) is 17.7. The number of fused-ring (bicyclic) bond motifs is 1. The number of carbonyl (C=O) groups is 1. The molecule has 4 rings (SSSR count). The Bertz CT molecular complexity index is 1520. The first kappa shape index (κ1) is 26.7. The van der Waals surface area contributed by atoms with Crippen molar-refractivity contribution in [2.24, 2.45) is 4.99 Å². The number of halogens is 1. The van der Waals surface area contributed by atoms with Gasteiger partial charge in [0.2, 0.25) is 0 Å². The van der Waals surface area contributed by atoms with E-state index in [0.29, 0.717) is 43.7 Å². The van der Waals surface area contributed by atoms with Gasteiger partial charge >= 0.3 is 5.97 Å². The lowest BCUT2D eigenvalue weighted by atomic mass is 9.96. The molecule has 7 nitrogen and oxygen atoms in total. The number of ether oxygens (including phenoxy) is 3. The predicted molar refractivity (Wildman–Crippen MR) is 145 cm³/mol. The van der Waals surface area contributed by atoms with Crippen molar-refractivity contribution in [2.45, 2.75) is 46.3 Å². The molecular formula is C28H29ClN2O5S. The fourth-order valence-electron chi connectivity index (χ4n) is 4.13. The van der Waals surface area contributed by atoms with Gasteiger partial charge in [0.05, 0.1) is 41.7 Å². The second-order valence-electron chi connectivity index (χ2n) is 8.81. The molecule has 2 aromatic carbocycles. The van der Waals surface area contributed by atoms with Crippen molar-refractivity contribution in [1.29, 1.82) is 0 Å². The van der Waals surface area contributed by atoms with Gasteiger partial charge in [-0.15, -0.1) is 0 Å². The topological polar surface area (TPSA) is 79.1 Å². The van der Waals surface area contributed by atoms with Crippen LogP contribution in [0, 0.1) is 0 Å². The molecule has 0 saturated heterocycles. The highest BCUT2D eigenvalue weighted by Gasteiger charge is 2.33. The second-order valence-corrected chi connectivity index (χ2v) is 10.3. The number of methoxy groups -OCH3 is 1. The molecule has 1 aliphatic rings. The number of carbonyl (C=O) groups excluding carboxylic acids is 1. The van der Waals surface area contributed by atoms with Crippen LogP contribution in [0.4, 0.5) is 0 Å². The molecule has 194 valence electrons. The van der Waals surface area contributed by atoms with Crippen LogP contribution in [0.25, 0.3) is 6.08 Å². The van der Waals surface area contributed by atoms with Gasteiger partial charge in [0, 0.05) is 10.6 Å². The minimum Gasteiger partial charge on any atom is -0.493 e. The Kier molecular flexibility index (Phi) is 8.19. The molecular weight excluding hydrogens is 512 g/mol. The molecule has 0 fully saturated rings. The molecule has 37 heavy (non-hydrogen) atoms. The molecule has 1 atom stereocenters. The molecule has 0 radical (unpaired) electrons. The predicted octanol–water partition coefficient (Wildman–Crippen LogP) is 4.64. The Hall–Kier alpha value is -3.36. The van der Waals surface area contributed by atoms with E-state index in [1.165, 1.54) is 11.3 Å². The summed E-state index contributed by atoms with van der Waals surface area (Å²) >= 11 is 7.39. The van der Waals surface area contributed by atoms with Crippen molar-refractivity contribution in [3.8, 4) is 11.5 Å². The highest BCUT2D eigenvalue weighted by atomic mass is 35.5. The van der Waals surface area contributed by atoms with Gasteiger partial charge in [-0.1, -0.05) is 54.1 Å². The van der Waals surface area contributed by atoms with E-state index in [0.717, 1.165) is 17.5 Å². The minimum absolute atomic E-state index is 0.268. The molecule has 3 aromatic rings. The number of rotatable bonds is 8. The average molecular weight is 541 g/mol. The van der Waals surface area contributed by atoms with Gasteiger partial charge < -0.3 is 14.2 Å². The average Bonchev–Trinajstić information content (AvgIpc) is 3.16. The maximum Gasteiger partial charge on any atom is 0.338 e. The molecule has 1 unspecified atom stereocenters. The van der Waals surface area contributed by atoms with Crippen LogP contribution >= 0.6 is 22.9 Å². The summed E-state index contributed by atoms with van der Waals surface area (Å²) in [6, 6.07) is 11.9. The zero-order valence-corrected chi connectivity index (χ0v) is 23.0. The van der Waals surface area contributed by atoms with Crippen molar-refractivity contribution in [3.63, 3.8) is 0 Å². The standard InChI is InChI=1S/C28H29ClN2O5S/c1-6-14-35-25-19(8-7-9-21(25)34-5)15-22-26(32)31-24(18-10-12-20(29)13-11-18)23(27(33)36-16(2)3)17(4)30-28(31)37-22/h7-13,15-16,24H,6,14H2,1-5H3. The number of esters is 1. The number of hydrogen-bond donors (Lipinski definition) is 0. The monoisotopic (exact) mass is 540 g/mol. The van der Waals surface area contributed by atoms with Crippen LogP contribution < -0.4 is 24.4 Å². The van der Waals surface area contributed by atoms with E-state index in [4.69, 9.17) is 25.8 Å². The molecule has 0 N–H and O–H groups in total. The van der Waals surface area contributed by atoms with Gasteiger partial charge in [-0.05, 0) is 57.0 Å². The summed E-state index contributed by atoms with van der Waals surface area (Å²) < 4.78 is 19.0.